The van der Waals surface area contributed by atoms with Crippen molar-refractivity contribution in [2.75, 3.05) is 13.6 Å². The average Bonchev–Trinajstić information content (AvgIpc) is 3.22. The molecule has 3 aliphatic heterocycles. The summed E-state index contributed by atoms with van der Waals surface area (Å²) in [7, 11) is 2.19. The zero-order chi connectivity index (χ0) is 14.8. The number of likely N-dealkylation sites (N-methyl/N-ethyl adjacent to an activating group) is 1. The molecule has 2 aliphatic carbocycles. The molecular formula is C17H19NO4. The maximum Gasteiger partial charge on any atom is 0.165 e. The smallest absolute Gasteiger partial charge is 0.165 e. The van der Waals surface area contributed by atoms with Gasteiger partial charge in [0.05, 0.1) is 6.10 Å². The summed E-state index contributed by atoms with van der Waals surface area (Å²) < 4.78 is 12.0. The normalized spacial score (nSPS) is 50.1. The molecule has 6 rings (SSSR count). The van der Waals surface area contributed by atoms with Crippen LogP contribution in [0.5, 0.6) is 11.5 Å². The van der Waals surface area contributed by atoms with Crippen molar-refractivity contribution >= 4 is 0 Å². The van der Waals surface area contributed by atoms with Crippen LogP contribution in [0.4, 0.5) is 0 Å². The SMILES string of the molecule is CN1CC[C@]23c4c5ccc(O)c4O[C@@H]2[C@@H](O)[C@H]2O[C@H]2[C@H]3[C@H]1C5. The van der Waals surface area contributed by atoms with Crippen molar-refractivity contribution in [2.45, 2.75) is 48.7 Å². The van der Waals surface area contributed by atoms with Crippen LogP contribution in [-0.4, -0.2) is 59.2 Å². The molecule has 116 valence electrons. The van der Waals surface area contributed by atoms with Gasteiger partial charge in [-0.3, -0.25) is 0 Å². The summed E-state index contributed by atoms with van der Waals surface area (Å²) in [6.45, 7) is 1.000. The molecule has 22 heavy (non-hydrogen) atoms. The second-order valence-corrected chi connectivity index (χ2v) is 7.61. The van der Waals surface area contributed by atoms with Crippen molar-refractivity contribution in [1.29, 1.82) is 0 Å². The van der Waals surface area contributed by atoms with Gasteiger partial charge in [0, 0.05) is 22.9 Å². The second-order valence-electron chi connectivity index (χ2n) is 7.61. The van der Waals surface area contributed by atoms with Crippen molar-refractivity contribution in [3.63, 3.8) is 0 Å². The molecule has 0 unspecified atom stereocenters. The van der Waals surface area contributed by atoms with E-state index in [1.54, 1.807) is 6.07 Å². The lowest BCUT2D eigenvalue weighted by molar-refractivity contribution is -0.0837. The molecule has 2 bridgehead atoms. The van der Waals surface area contributed by atoms with Crippen LogP contribution in [0.3, 0.4) is 0 Å². The van der Waals surface area contributed by atoms with E-state index >= 15 is 0 Å². The van der Waals surface area contributed by atoms with Gasteiger partial charge < -0.3 is 24.6 Å². The van der Waals surface area contributed by atoms with Crippen LogP contribution >= 0.6 is 0 Å². The third-order valence-electron chi connectivity index (χ3n) is 6.89. The molecule has 2 saturated heterocycles. The first kappa shape index (κ1) is 12.2. The molecule has 0 aromatic heterocycles. The van der Waals surface area contributed by atoms with Crippen molar-refractivity contribution in [3.8, 4) is 11.5 Å². The Morgan fingerprint density at radius 2 is 2.18 bits per heavy atom. The summed E-state index contributed by atoms with van der Waals surface area (Å²) >= 11 is 0. The van der Waals surface area contributed by atoms with Gasteiger partial charge in [-0.1, -0.05) is 6.07 Å². The Morgan fingerprint density at radius 1 is 1.32 bits per heavy atom. The van der Waals surface area contributed by atoms with Crippen LogP contribution in [0.25, 0.3) is 0 Å². The van der Waals surface area contributed by atoms with Gasteiger partial charge in [0.15, 0.2) is 11.5 Å². The summed E-state index contributed by atoms with van der Waals surface area (Å²) in [5.74, 6) is 1.19. The highest BCUT2D eigenvalue weighted by Crippen LogP contribution is 2.66. The lowest BCUT2D eigenvalue weighted by atomic mass is 9.51. The summed E-state index contributed by atoms with van der Waals surface area (Å²) in [4.78, 5) is 2.44. The molecule has 1 aromatic carbocycles. The molecular weight excluding hydrogens is 282 g/mol. The zero-order valence-electron chi connectivity index (χ0n) is 12.4. The average molecular weight is 301 g/mol. The van der Waals surface area contributed by atoms with Crippen molar-refractivity contribution < 1.29 is 19.7 Å². The Hall–Kier alpha value is -1.30. The van der Waals surface area contributed by atoms with E-state index in [9.17, 15) is 10.2 Å². The first-order valence-corrected chi connectivity index (χ1v) is 8.18. The quantitative estimate of drug-likeness (QED) is 0.680. The number of likely N-dealkylation sites (tertiary alicyclic amines) is 1. The van der Waals surface area contributed by atoms with E-state index in [4.69, 9.17) is 9.47 Å². The molecule has 2 N–H and O–H groups in total. The minimum absolute atomic E-state index is 0.0878. The summed E-state index contributed by atoms with van der Waals surface area (Å²) in [6, 6.07) is 4.21. The maximum atomic E-state index is 10.7. The van der Waals surface area contributed by atoms with Crippen LogP contribution in [-0.2, 0) is 16.6 Å². The Balaban J connectivity index is 1.68. The second kappa shape index (κ2) is 3.45. The third-order valence-corrected chi connectivity index (χ3v) is 6.89. The van der Waals surface area contributed by atoms with Gasteiger partial charge >= 0.3 is 0 Å². The summed E-state index contributed by atoms with van der Waals surface area (Å²) in [5.41, 5.74) is 2.25. The summed E-state index contributed by atoms with van der Waals surface area (Å²) in [5, 5.41) is 21.0. The number of hydrogen-bond donors (Lipinski definition) is 2. The highest BCUT2D eigenvalue weighted by molar-refractivity contribution is 5.61. The van der Waals surface area contributed by atoms with E-state index in [-0.39, 0.29) is 29.5 Å². The van der Waals surface area contributed by atoms with E-state index in [1.165, 1.54) is 11.1 Å². The number of benzene rings is 1. The van der Waals surface area contributed by atoms with Gasteiger partial charge in [0.25, 0.3) is 0 Å². The van der Waals surface area contributed by atoms with Crippen LogP contribution in [0.2, 0.25) is 0 Å². The summed E-state index contributed by atoms with van der Waals surface area (Å²) in [6.07, 6.45) is 1.12. The van der Waals surface area contributed by atoms with Gasteiger partial charge in [-0.2, -0.15) is 0 Å². The monoisotopic (exact) mass is 301 g/mol. The van der Waals surface area contributed by atoms with Crippen LogP contribution in [0.1, 0.15) is 17.5 Å². The number of epoxide rings is 1. The molecule has 3 fully saturated rings. The number of aliphatic hydroxyl groups excluding tert-OH is 1. The number of hydrogen-bond acceptors (Lipinski definition) is 5. The Morgan fingerprint density at radius 3 is 3.05 bits per heavy atom. The molecule has 0 amide bonds. The minimum atomic E-state index is -0.594. The van der Waals surface area contributed by atoms with Crippen LogP contribution in [0.15, 0.2) is 12.1 Å². The highest BCUT2D eigenvalue weighted by atomic mass is 16.6. The Bertz CT molecular complexity index is 706. The largest absolute Gasteiger partial charge is 0.504 e. The molecule has 3 heterocycles. The van der Waals surface area contributed by atoms with E-state index in [0.29, 0.717) is 17.7 Å². The predicted molar refractivity (Wildman–Crippen MR) is 77.1 cm³/mol. The van der Waals surface area contributed by atoms with Gasteiger partial charge in [0.2, 0.25) is 0 Å². The molecule has 1 saturated carbocycles. The Kier molecular flexibility index (Phi) is 1.91. The van der Waals surface area contributed by atoms with Crippen LogP contribution in [0, 0.1) is 5.92 Å². The molecule has 5 heteroatoms. The fourth-order valence-corrected chi connectivity index (χ4v) is 5.99. The first-order chi connectivity index (χ1) is 10.6. The number of ether oxygens (including phenoxy) is 2. The van der Waals surface area contributed by atoms with Crippen LogP contribution < -0.4 is 4.74 Å². The van der Waals surface area contributed by atoms with Crippen molar-refractivity contribution in [2.24, 2.45) is 5.92 Å². The standard InChI is InChI=1S/C17H19NO4/c1-18-5-4-17-10-7-2-3-9(19)13(10)22-16(17)12(20)15-14(21-15)11(17)8(18)6-7/h2-3,8,11-12,14-16,19-20H,4-6H2,1H3/t8-,11-,12+,14+,15-,16-,17-/m1/s1. The molecule has 5 nitrogen and oxygen atoms in total. The number of rotatable bonds is 0. The molecule has 7 atom stereocenters. The van der Waals surface area contributed by atoms with Crippen molar-refractivity contribution in [3.05, 3.63) is 23.3 Å². The zero-order valence-corrected chi connectivity index (χ0v) is 12.4. The van der Waals surface area contributed by atoms with Crippen molar-refractivity contribution in [1.82, 2.24) is 4.90 Å². The van der Waals surface area contributed by atoms with E-state index in [1.807, 2.05) is 6.07 Å². The van der Waals surface area contributed by atoms with Gasteiger partial charge in [0.1, 0.15) is 18.3 Å². The van der Waals surface area contributed by atoms with E-state index < -0.39 is 6.10 Å². The van der Waals surface area contributed by atoms with Gasteiger partial charge in [-0.25, -0.2) is 0 Å². The molecule has 5 aliphatic rings. The maximum absolute atomic E-state index is 10.7. The van der Waals surface area contributed by atoms with E-state index in [2.05, 4.69) is 11.9 Å². The van der Waals surface area contributed by atoms with Gasteiger partial charge in [-0.05, 0) is 38.1 Å². The predicted octanol–water partition coefficient (Wildman–Crippen LogP) is 0.409. The molecule has 1 aromatic rings. The molecule has 0 radical (unpaired) electrons. The number of phenols is 1. The van der Waals surface area contributed by atoms with Gasteiger partial charge in [-0.15, -0.1) is 0 Å². The fraction of sp³-hybridized carbons (Fsp3) is 0.647. The number of aromatic hydroxyl groups is 1. The fourth-order valence-electron chi connectivity index (χ4n) is 5.99. The first-order valence-electron chi connectivity index (χ1n) is 8.18. The number of nitrogens with zero attached hydrogens (tertiary/aromatic N) is 1. The minimum Gasteiger partial charge on any atom is -0.504 e. The topological polar surface area (TPSA) is 65.5 Å². The third kappa shape index (κ3) is 1.08. The highest BCUT2D eigenvalue weighted by Gasteiger charge is 2.75. The number of phenolic OH excluding ortho intramolecular Hbond substituents is 1. The Labute approximate surface area is 128 Å². The molecule has 1 spiro atoms. The lowest BCUT2D eigenvalue weighted by Crippen LogP contribution is -2.68. The van der Waals surface area contributed by atoms with E-state index in [0.717, 1.165) is 19.4 Å². The lowest BCUT2D eigenvalue weighted by Gasteiger charge is -2.57. The number of aliphatic hydroxyl groups is 1. The number of fused-ring (bicyclic) bond motifs is 1. The number of piperidine rings is 1.